The first-order chi connectivity index (χ1) is 9.17. The lowest BCUT2D eigenvalue weighted by Crippen LogP contribution is -2.12. The molecule has 0 unspecified atom stereocenters. The normalized spacial score (nSPS) is 10.4. The SMILES string of the molecule is Cc1ccc(SCc2nnc(NC(=O)CCl)s2)cc1. The predicted molar refractivity (Wildman–Crippen MR) is 80.0 cm³/mol. The van der Waals surface area contributed by atoms with Gasteiger partial charge < -0.3 is 0 Å². The van der Waals surface area contributed by atoms with Gasteiger partial charge in [-0.15, -0.1) is 33.6 Å². The molecule has 7 heteroatoms. The van der Waals surface area contributed by atoms with E-state index in [-0.39, 0.29) is 11.8 Å². The van der Waals surface area contributed by atoms with E-state index in [0.29, 0.717) is 5.13 Å². The lowest BCUT2D eigenvalue weighted by molar-refractivity contribution is -0.113. The zero-order valence-electron chi connectivity index (χ0n) is 10.2. The van der Waals surface area contributed by atoms with Gasteiger partial charge in [0, 0.05) is 4.90 Å². The summed E-state index contributed by atoms with van der Waals surface area (Å²) >= 11 is 8.46. The Morgan fingerprint density at radius 3 is 2.79 bits per heavy atom. The zero-order chi connectivity index (χ0) is 13.7. The highest BCUT2D eigenvalue weighted by molar-refractivity contribution is 7.98. The Kier molecular flexibility index (Phi) is 5.18. The Balaban J connectivity index is 1.89. The fourth-order valence-electron chi connectivity index (χ4n) is 1.29. The Labute approximate surface area is 124 Å². The average Bonchev–Trinajstić information content (AvgIpc) is 2.85. The number of hydrogen-bond donors (Lipinski definition) is 1. The number of hydrogen-bond acceptors (Lipinski definition) is 5. The molecule has 0 saturated heterocycles. The summed E-state index contributed by atoms with van der Waals surface area (Å²) in [7, 11) is 0. The summed E-state index contributed by atoms with van der Waals surface area (Å²) < 4.78 is 0. The molecule has 0 aliphatic carbocycles. The van der Waals surface area contributed by atoms with E-state index < -0.39 is 0 Å². The zero-order valence-corrected chi connectivity index (χ0v) is 12.6. The van der Waals surface area contributed by atoms with Crippen molar-refractivity contribution in [3.05, 3.63) is 34.8 Å². The van der Waals surface area contributed by atoms with Gasteiger partial charge >= 0.3 is 0 Å². The number of alkyl halides is 1. The average molecular weight is 314 g/mol. The quantitative estimate of drug-likeness (QED) is 0.679. The molecule has 0 bridgehead atoms. The maximum atomic E-state index is 11.1. The number of nitrogens with zero attached hydrogens (tertiary/aromatic N) is 2. The van der Waals surface area contributed by atoms with E-state index in [1.807, 2.05) is 0 Å². The van der Waals surface area contributed by atoms with Crippen LogP contribution in [0.25, 0.3) is 0 Å². The van der Waals surface area contributed by atoms with Crippen LogP contribution in [0.4, 0.5) is 5.13 Å². The molecule has 1 aromatic carbocycles. The number of halogens is 1. The van der Waals surface area contributed by atoms with E-state index in [9.17, 15) is 4.79 Å². The van der Waals surface area contributed by atoms with Crippen molar-refractivity contribution in [3.8, 4) is 0 Å². The maximum absolute atomic E-state index is 11.1. The molecule has 0 saturated carbocycles. The number of nitrogens with one attached hydrogen (secondary N) is 1. The van der Waals surface area contributed by atoms with Gasteiger partial charge in [-0.1, -0.05) is 29.0 Å². The van der Waals surface area contributed by atoms with Crippen LogP contribution in [-0.4, -0.2) is 22.0 Å². The molecule has 4 nitrogen and oxygen atoms in total. The van der Waals surface area contributed by atoms with Crippen LogP contribution in [0.2, 0.25) is 0 Å². The molecule has 2 rings (SSSR count). The van der Waals surface area contributed by atoms with Crippen LogP contribution in [0.15, 0.2) is 29.2 Å². The molecule has 2 aromatic rings. The van der Waals surface area contributed by atoms with Crippen LogP contribution in [0.1, 0.15) is 10.6 Å². The van der Waals surface area contributed by atoms with Gasteiger partial charge in [0.05, 0.1) is 5.75 Å². The Morgan fingerprint density at radius 2 is 2.11 bits per heavy atom. The van der Waals surface area contributed by atoms with Gasteiger partial charge in [-0.05, 0) is 19.1 Å². The number of carbonyl (C=O) groups excluding carboxylic acids is 1. The lowest BCUT2D eigenvalue weighted by Gasteiger charge is -1.99. The van der Waals surface area contributed by atoms with E-state index in [4.69, 9.17) is 11.6 Å². The third-order valence-electron chi connectivity index (χ3n) is 2.22. The summed E-state index contributed by atoms with van der Waals surface area (Å²) in [6.45, 7) is 2.06. The van der Waals surface area contributed by atoms with Gasteiger partial charge in [0.25, 0.3) is 0 Å². The Morgan fingerprint density at radius 1 is 1.37 bits per heavy atom. The number of amides is 1. The number of benzene rings is 1. The van der Waals surface area contributed by atoms with Crippen molar-refractivity contribution in [1.29, 1.82) is 0 Å². The number of anilines is 1. The highest BCUT2D eigenvalue weighted by Gasteiger charge is 2.07. The van der Waals surface area contributed by atoms with Gasteiger partial charge in [0.15, 0.2) is 0 Å². The second-order valence-electron chi connectivity index (χ2n) is 3.78. The number of carbonyl (C=O) groups is 1. The molecule has 1 heterocycles. The molecule has 0 atom stereocenters. The molecule has 0 aliphatic heterocycles. The van der Waals surface area contributed by atoms with Crippen molar-refractivity contribution in [1.82, 2.24) is 10.2 Å². The highest BCUT2D eigenvalue weighted by atomic mass is 35.5. The van der Waals surface area contributed by atoms with Crippen LogP contribution in [0, 0.1) is 6.92 Å². The number of thioether (sulfide) groups is 1. The summed E-state index contributed by atoms with van der Waals surface area (Å²) in [5.74, 6) is 0.389. The van der Waals surface area contributed by atoms with Crippen LogP contribution in [0.5, 0.6) is 0 Å². The third-order valence-corrected chi connectivity index (χ3v) is 4.51. The van der Waals surface area contributed by atoms with Gasteiger partial charge in [-0.3, -0.25) is 10.1 Å². The van der Waals surface area contributed by atoms with Crippen molar-refractivity contribution in [3.63, 3.8) is 0 Å². The molecule has 1 N–H and O–H groups in total. The number of aromatic nitrogens is 2. The summed E-state index contributed by atoms with van der Waals surface area (Å²) in [6.07, 6.45) is 0. The first-order valence-electron chi connectivity index (χ1n) is 5.55. The molecular formula is C12H12ClN3OS2. The van der Waals surface area contributed by atoms with Crippen LogP contribution < -0.4 is 5.32 Å². The van der Waals surface area contributed by atoms with Crippen molar-refractivity contribution in [2.75, 3.05) is 11.2 Å². The van der Waals surface area contributed by atoms with E-state index in [1.165, 1.54) is 21.8 Å². The molecule has 19 heavy (non-hydrogen) atoms. The van der Waals surface area contributed by atoms with Gasteiger partial charge in [-0.2, -0.15) is 0 Å². The van der Waals surface area contributed by atoms with Crippen molar-refractivity contribution in [2.45, 2.75) is 17.6 Å². The molecule has 0 fully saturated rings. The number of rotatable bonds is 5. The molecule has 0 aliphatic rings. The van der Waals surface area contributed by atoms with Gasteiger partial charge in [0.1, 0.15) is 10.9 Å². The topological polar surface area (TPSA) is 54.9 Å². The molecule has 100 valence electrons. The minimum absolute atomic E-state index is 0.0764. The van der Waals surface area contributed by atoms with Crippen molar-refractivity contribution < 1.29 is 4.79 Å². The van der Waals surface area contributed by atoms with Gasteiger partial charge in [0.2, 0.25) is 11.0 Å². The summed E-state index contributed by atoms with van der Waals surface area (Å²) in [6, 6.07) is 8.32. The van der Waals surface area contributed by atoms with Crippen LogP contribution in [0.3, 0.4) is 0 Å². The van der Waals surface area contributed by atoms with E-state index in [1.54, 1.807) is 11.8 Å². The monoisotopic (exact) mass is 313 g/mol. The van der Waals surface area contributed by atoms with E-state index in [2.05, 4.69) is 46.7 Å². The summed E-state index contributed by atoms with van der Waals surface area (Å²) in [5.41, 5.74) is 1.24. The smallest absolute Gasteiger partial charge is 0.241 e. The second kappa shape index (κ2) is 6.88. The molecule has 0 spiro atoms. The first-order valence-corrected chi connectivity index (χ1v) is 7.88. The van der Waals surface area contributed by atoms with Crippen molar-refractivity contribution in [2.24, 2.45) is 0 Å². The molecule has 1 aromatic heterocycles. The van der Waals surface area contributed by atoms with Crippen LogP contribution >= 0.6 is 34.7 Å². The minimum Gasteiger partial charge on any atom is -0.299 e. The van der Waals surface area contributed by atoms with E-state index in [0.717, 1.165) is 10.8 Å². The molecule has 0 radical (unpaired) electrons. The number of aryl methyl sites for hydroxylation is 1. The molecule has 1 amide bonds. The lowest BCUT2D eigenvalue weighted by atomic mass is 10.2. The first kappa shape index (κ1) is 14.3. The largest absolute Gasteiger partial charge is 0.299 e. The predicted octanol–water partition coefficient (Wildman–Crippen LogP) is 3.32. The van der Waals surface area contributed by atoms with Gasteiger partial charge in [-0.25, -0.2) is 0 Å². The highest BCUT2D eigenvalue weighted by Crippen LogP contribution is 2.26. The maximum Gasteiger partial charge on any atom is 0.241 e. The Hall–Kier alpha value is -1.11. The fraction of sp³-hybridized carbons (Fsp3) is 0.250. The minimum atomic E-state index is -0.268. The third kappa shape index (κ3) is 4.49. The summed E-state index contributed by atoms with van der Waals surface area (Å²) in [4.78, 5) is 12.3. The van der Waals surface area contributed by atoms with E-state index >= 15 is 0 Å². The van der Waals surface area contributed by atoms with Crippen molar-refractivity contribution >= 4 is 45.7 Å². The van der Waals surface area contributed by atoms with Crippen LogP contribution in [-0.2, 0) is 10.5 Å². The second-order valence-corrected chi connectivity index (χ2v) is 6.16. The fourth-order valence-corrected chi connectivity index (χ4v) is 3.00. The Bertz CT molecular complexity index is 556. The summed E-state index contributed by atoms with van der Waals surface area (Å²) in [5, 5.41) is 11.9. The molecular weight excluding hydrogens is 302 g/mol. The standard InChI is InChI=1S/C12H12ClN3OS2/c1-8-2-4-9(5-3-8)18-7-11-15-16-12(19-11)14-10(17)6-13/h2-5H,6-7H2,1H3,(H,14,16,17).